The molecule has 0 aliphatic heterocycles. The van der Waals surface area contributed by atoms with E-state index in [1.54, 1.807) is 0 Å². The van der Waals surface area contributed by atoms with Gasteiger partial charge >= 0.3 is 5.97 Å². The van der Waals surface area contributed by atoms with Crippen molar-refractivity contribution < 1.29 is 9.90 Å². The number of aromatic nitrogens is 1. The van der Waals surface area contributed by atoms with Gasteiger partial charge in [0.2, 0.25) is 0 Å². The monoisotopic (exact) mass is 261 g/mol. The highest BCUT2D eigenvalue weighted by atomic mass is 32.1. The fourth-order valence-electron chi connectivity index (χ4n) is 1.68. The Bertz CT molecular complexity index is 567. The third-order valence-corrected chi connectivity index (χ3v) is 3.64. The molecule has 0 saturated carbocycles. The molecule has 0 unspecified atom stereocenters. The fourth-order valence-corrected chi connectivity index (χ4v) is 2.80. The van der Waals surface area contributed by atoms with E-state index in [9.17, 15) is 9.90 Å². The van der Waals surface area contributed by atoms with Crippen molar-refractivity contribution >= 4 is 17.3 Å². The number of carbonyl (C=O) groups is 1. The van der Waals surface area contributed by atoms with Crippen molar-refractivity contribution in [1.29, 1.82) is 0 Å². The van der Waals surface area contributed by atoms with E-state index in [-0.39, 0.29) is 5.41 Å². The fraction of sp³-hybridized carbons (Fsp3) is 0.286. The van der Waals surface area contributed by atoms with Crippen molar-refractivity contribution in [2.75, 3.05) is 0 Å². The molecule has 3 nitrogen and oxygen atoms in total. The lowest BCUT2D eigenvalue weighted by Gasteiger charge is -2.15. The Kier molecular flexibility index (Phi) is 3.22. The first-order valence-electron chi connectivity index (χ1n) is 5.69. The molecule has 1 heterocycles. The minimum atomic E-state index is -0.903. The zero-order valence-electron chi connectivity index (χ0n) is 10.6. The molecule has 0 aliphatic rings. The van der Waals surface area contributed by atoms with Crippen molar-refractivity contribution in [3.8, 4) is 10.6 Å². The lowest BCUT2D eigenvalue weighted by molar-refractivity contribution is 0.0699. The smallest absolute Gasteiger partial charge is 0.347 e. The standard InChI is InChI=1S/C14H15NO2S/c1-14(2,3)11-10(13(16)17)18-12(15-11)9-7-5-4-6-8-9/h4-8H,1-3H3,(H,16,17). The van der Waals surface area contributed by atoms with E-state index in [1.807, 2.05) is 51.1 Å². The van der Waals surface area contributed by atoms with Gasteiger partial charge in [0.05, 0.1) is 5.69 Å². The first-order valence-corrected chi connectivity index (χ1v) is 6.51. The summed E-state index contributed by atoms with van der Waals surface area (Å²) in [5, 5.41) is 10.0. The van der Waals surface area contributed by atoms with E-state index in [1.165, 1.54) is 11.3 Å². The average molecular weight is 261 g/mol. The summed E-state index contributed by atoms with van der Waals surface area (Å²) in [6.45, 7) is 5.93. The van der Waals surface area contributed by atoms with Crippen LogP contribution in [0.2, 0.25) is 0 Å². The molecule has 1 N–H and O–H groups in total. The Morgan fingerprint density at radius 1 is 1.22 bits per heavy atom. The summed E-state index contributed by atoms with van der Waals surface area (Å²) >= 11 is 1.24. The molecule has 0 amide bonds. The third-order valence-electron chi connectivity index (χ3n) is 2.55. The number of rotatable bonds is 2. The molecule has 0 saturated heterocycles. The maximum absolute atomic E-state index is 11.3. The maximum atomic E-state index is 11.3. The summed E-state index contributed by atoms with van der Waals surface area (Å²) in [6.07, 6.45) is 0. The first kappa shape index (κ1) is 12.8. The Hall–Kier alpha value is -1.68. The topological polar surface area (TPSA) is 50.2 Å². The molecular weight excluding hydrogens is 246 g/mol. The van der Waals surface area contributed by atoms with Crippen molar-refractivity contribution in [2.45, 2.75) is 26.2 Å². The molecule has 94 valence electrons. The first-order chi connectivity index (χ1) is 8.39. The lowest BCUT2D eigenvalue weighted by Crippen LogP contribution is -2.16. The number of hydrogen-bond donors (Lipinski definition) is 1. The quantitative estimate of drug-likeness (QED) is 0.894. The van der Waals surface area contributed by atoms with E-state index in [2.05, 4.69) is 4.98 Å². The van der Waals surface area contributed by atoms with Crippen LogP contribution in [-0.4, -0.2) is 16.1 Å². The third kappa shape index (κ3) is 2.43. The van der Waals surface area contributed by atoms with Crippen LogP contribution in [0.3, 0.4) is 0 Å². The molecular formula is C14H15NO2S. The molecule has 18 heavy (non-hydrogen) atoms. The van der Waals surface area contributed by atoms with Crippen LogP contribution in [0, 0.1) is 0 Å². The molecule has 0 spiro atoms. The van der Waals surface area contributed by atoms with E-state index in [0.29, 0.717) is 10.6 Å². The van der Waals surface area contributed by atoms with Gasteiger partial charge in [-0.05, 0) is 0 Å². The zero-order valence-corrected chi connectivity index (χ0v) is 11.4. The van der Waals surface area contributed by atoms with Gasteiger partial charge in [-0.2, -0.15) is 0 Å². The molecule has 2 rings (SSSR count). The van der Waals surface area contributed by atoms with Gasteiger partial charge in [-0.3, -0.25) is 0 Å². The summed E-state index contributed by atoms with van der Waals surface area (Å²) in [4.78, 5) is 16.1. The summed E-state index contributed by atoms with van der Waals surface area (Å²) in [5.74, 6) is -0.903. The highest BCUT2D eigenvalue weighted by Crippen LogP contribution is 2.34. The van der Waals surface area contributed by atoms with Gasteiger partial charge in [0, 0.05) is 11.0 Å². The van der Waals surface area contributed by atoms with Crippen LogP contribution < -0.4 is 0 Å². The maximum Gasteiger partial charge on any atom is 0.347 e. The van der Waals surface area contributed by atoms with Crippen molar-refractivity contribution in [3.05, 3.63) is 40.9 Å². The minimum Gasteiger partial charge on any atom is -0.477 e. The van der Waals surface area contributed by atoms with Crippen LogP contribution in [0.4, 0.5) is 0 Å². The number of aromatic carboxylic acids is 1. The summed E-state index contributed by atoms with van der Waals surface area (Å²) in [5.41, 5.74) is 1.34. The molecule has 4 heteroatoms. The SMILES string of the molecule is CC(C)(C)c1nc(-c2ccccc2)sc1C(=O)O. The van der Waals surface area contributed by atoms with Crippen LogP contribution in [0.25, 0.3) is 10.6 Å². The highest BCUT2D eigenvalue weighted by molar-refractivity contribution is 7.17. The predicted molar refractivity (Wildman–Crippen MR) is 73.2 cm³/mol. The molecule has 0 atom stereocenters. The second-order valence-electron chi connectivity index (χ2n) is 5.12. The van der Waals surface area contributed by atoms with Crippen LogP contribution in [0.5, 0.6) is 0 Å². The van der Waals surface area contributed by atoms with E-state index >= 15 is 0 Å². The van der Waals surface area contributed by atoms with E-state index in [0.717, 1.165) is 10.6 Å². The summed E-state index contributed by atoms with van der Waals surface area (Å²) in [6, 6.07) is 9.66. The lowest BCUT2D eigenvalue weighted by atomic mass is 9.91. The van der Waals surface area contributed by atoms with E-state index in [4.69, 9.17) is 0 Å². The number of benzene rings is 1. The molecule has 0 bridgehead atoms. The minimum absolute atomic E-state index is 0.267. The van der Waals surface area contributed by atoms with Crippen molar-refractivity contribution in [2.24, 2.45) is 0 Å². The van der Waals surface area contributed by atoms with Gasteiger partial charge in [-0.25, -0.2) is 9.78 Å². The Labute approximate surface area is 110 Å². The number of thiazole rings is 1. The van der Waals surface area contributed by atoms with Crippen molar-refractivity contribution in [1.82, 2.24) is 4.98 Å². The second-order valence-corrected chi connectivity index (χ2v) is 6.12. The zero-order chi connectivity index (χ0) is 13.3. The molecule has 0 radical (unpaired) electrons. The van der Waals surface area contributed by atoms with Crippen LogP contribution >= 0.6 is 11.3 Å². The normalized spacial score (nSPS) is 11.5. The molecule has 0 aliphatic carbocycles. The van der Waals surface area contributed by atoms with Gasteiger partial charge in [0.1, 0.15) is 9.88 Å². The molecule has 0 fully saturated rings. The average Bonchev–Trinajstić information content (AvgIpc) is 2.74. The Balaban J connectivity index is 2.57. The van der Waals surface area contributed by atoms with Gasteiger partial charge in [0.25, 0.3) is 0 Å². The van der Waals surface area contributed by atoms with Gasteiger partial charge in [-0.1, -0.05) is 51.1 Å². The number of hydrogen-bond acceptors (Lipinski definition) is 3. The van der Waals surface area contributed by atoms with Gasteiger partial charge in [0.15, 0.2) is 0 Å². The predicted octanol–water partition coefficient (Wildman–Crippen LogP) is 3.81. The van der Waals surface area contributed by atoms with Gasteiger partial charge < -0.3 is 5.11 Å². The van der Waals surface area contributed by atoms with Crippen LogP contribution in [0.15, 0.2) is 30.3 Å². The molecule has 1 aromatic carbocycles. The van der Waals surface area contributed by atoms with Gasteiger partial charge in [-0.15, -0.1) is 11.3 Å². The van der Waals surface area contributed by atoms with Crippen molar-refractivity contribution in [3.63, 3.8) is 0 Å². The Morgan fingerprint density at radius 2 is 1.83 bits per heavy atom. The van der Waals surface area contributed by atoms with Crippen LogP contribution in [-0.2, 0) is 5.41 Å². The second kappa shape index (κ2) is 4.53. The highest BCUT2D eigenvalue weighted by Gasteiger charge is 2.27. The summed E-state index contributed by atoms with van der Waals surface area (Å²) in [7, 11) is 0. The summed E-state index contributed by atoms with van der Waals surface area (Å²) < 4.78 is 0. The number of nitrogens with zero attached hydrogens (tertiary/aromatic N) is 1. The van der Waals surface area contributed by atoms with Crippen LogP contribution in [0.1, 0.15) is 36.1 Å². The largest absolute Gasteiger partial charge is 0.477 e. The van der Waals surface area contributed by atoms with E-state index < -0.39 is 5.97 Å². The molecule has 1 aromatic heterocycles. The number of carboxylic acid groups (broad SMARTS) is 1. The number of carboxylic acids is 1. The molecule has 2 aromatic rings. The Morgan fingerprint density at radius 3 is 2.28 bits per heavy atom.